The molecular weight excluding hydrogens is 393 g/mol. The fourth-order valence-corrected chi connectivity index (χ4v) is 3.86. The molecule has 0 saturated carbocycles. The van der Waals surface area contributed by atoms with Crippen molar-refractivity contribution in [1.82, 2.24) is 15.1 Å². The Morgan fingerprint density at radius 3 is 2.65 bits per heavy atom. The molecular formula is C19H14Cl3N3O. The summed E-state index contributed by atoms with van der Waals surface area (Å²) in [7, 11) is 0. The highest BCUT2D eigenvalue weighted by Crippen LogP contribution is 2.31. The second-order valence-corrected chi connectivity index (χ2v) is 7.42. The van der Waals surface area contributed by atoms with Crippen molar-refractivity contribution in [1.29, 1.82) is 0 Å². The Labute approximate surface area is 165 Å². The van der Waals surface area contributed by atoms with Gasteiger partial charge in [-0.3, -0.25) is 9.89 Å². The minimum atomic E-state index is -0.115. The van der Waals surface area contributed by atoms with Gasteiger partial charge in [-0.1, -0.05) is 46.9 Å². The van der Waals surface area contributed by atoms with Crippen molar-refractivity contribution in [2.75, 3.05) is 6.54 Å². The molecule has 0 bridgehead atoms. The van der Waals surface area contributed by atoms with Gasteiger partial charge in [-0.15, -0.1) is 0 Å². The van der Waals surface area contributed by atoms with Crippen LogP contribution in [0, 0.1) is 0 Å². The standard InChI is InChI=1S/C19H14Cl3N3O/c20-12-3-1-2-11(8-12)18-15-10-25(7-6-17(15)23-24-18)19(26)14-5-4-13(21)9-16(14)22/h1-5,8-9H,6-7,10H2,(H,23,24). The zero-order valence-electron chi connectivity index (χ0n) is 13.6. The van der Waals surface area contributed by atoms with Gasteiger partial charge in [0.05, 0.1) is 16.3 Å². The molecule has 1 aliphatic rings. The predicted octanol–water partition coefficient (Wildman–Crippen LogP) is 5.24. The minimum Gasteiger partial charge on any atom is -0.334 e. The monoisotopic (exact) mass is 405 g/mol. The fraction of sp³-hybridized carbons (Fsp3) is 0.158. The van der Waals surface area contributed by atoms with E-state index < -0.39 is 0 Å². The SMILES string of the molecule is O=C(c1ccc(Cl)cc1Cl)N1CCc2[nH]nc(-c3cccc(Cl)c3)c2C1. The Hall–Kier alpha value is -2.01. The van der Waals surface area contributed by atoms with Crippen LogP contribution in [0.25, 0.3) is 11.3 Å². The van der Waals surface area contributed by atoms with Gasteiger partial charge in [-0.2, -0.15) is 5.10 Å². The first-order chi connectivity index (χ1) is 12.5. The van der Waals surface area contributed by atoms with E-state index in [0.29, 0.717) is 40.1 Å². The van der Waals surface area contributed by atoms with Crippen molar-refractivity contribution in [3.8, 4) is 11.3 Å². The van der Waals surface area contributed by atoms with Gasteiger partial charge in [0.25, 0.3) is 5.91 Å². The summed E-state index contributed by atoms with van der Waals surface area (Å²) in [6.07, 6.45) is 0.708. The summed E-state index contributed by atoms with van der Waals surface area (Å²) in [5.41, 5.74) is 4.26. The minimum absolute atomic E-state index is 0.115. The predicted molar refractivity (Wildman–Crippen MR) is 104 cm³/mol. The van der Waals surface area contributed by atoms with Crippen molar-refractivity contribution in [3.05, 3.63) is 74.4 Å². The molecule has 0 atom stereocenters. The molecule has 0 saturated heterocycles. The largest absolute Gasteiger partial charge is 0.334 e. The van der Waals surface area contributed by atoms with Crippen LogP contribution >= 0.6 is 34.8 Å². The van der Waals surface area contributed by atoms with Crippen molar-refractivity contribution < 1.29 is 4.79 Å². The number of hydrogen-bond donors (Lipinski definition) is 1. The zero-order chi connectivity index (χ0) is 18.3. The highest BCUT2D eigenvalue weighted by Gasteiger charge is 2.27. The molecule has 7 heteroatoms. The van der Waals surface area contributed by atoms with Crippen LogP contribution in [0.4, 0.5) is 0 Å². The van der Waals surface area contributed by atoms with E-state index in [2.05, 4.69) is 10.2 Å². The average Bonchev–Trinajstić information content (AvgIpc) is 3.04. The van der Waals surface area contributed by atoms with Crippen LogP contribution in [0.3, 0.4) is 0 Å². The number of nitrogens with one attached hydrogen (secondary N) is 1. The van der Waals surface area contributed by atoms with E-state index in [-0.39, 0.29) is 5.91 Å². The van der Waals surface area contributed by atoms with E-state index in [0.717, 1.165) is 22.5 Å². The topological polar surface area (TPSA) is 49.0 Å². The molecule has 1 aliphatic heterocycles. The van der Waals surface area contributed by atoms with E-state index in [1.54, 1.807) is 23.1 Å². The normalized spacial score (nSPS) is 13.6. The molecule has 4 nitrogen and oxygen atoms in total. The van der Waals surface area contributed by atoms with Gasteiger partial charge in [0.1, 0.15) is 0 Å². The lowest BCUT2D eigenvalue weighted by molar-refractivity contribution is 0.0735. The van der Waals surface area contributed by atoms with Crippen LogP contribution in [-0.4, -0.2) is 27.5 Å². The number of rotatable bonds is 2. The molecule has 3 aromatic rings. The van der Waals surface area contributed by atoms with Gasteiger partial charge in [0.2, 0.25) is 0 Å². The highest BCUT2D eigenvalue weighted by atomic mass is 35.5. The first kappa shape index (κ1) is 17.4. The van der Waals surface area contributed by atoms with Crippen LogP contribution in [0.5, 0.6) is 0 Å². The lowest BCUT2D eigenvalue weighted by Crippen LogP contribution is -2.36. The number of fused-ring (bicyclic) bond motifs is 1. The van der Waals surface area contributed by atoms with Gasteiger partial charge < -0.3 is 4.90 Å². The van der Waals surface area contributed by atoms with Crippen molar-refractivity contribution in [2.45, 2.75) is 13.0 Å². The van der Waals surface area contributed by atoms with E-state index >= 15 is 0 Å². The maximum atomic E-state index is 12.9. The third kappa shape index (κ3) is 3.20. The Bertz CT molecular complexity index is 999. The average molecular weight is 407 g/mol. The summed E-state index contributed by atoms with van der Waals surface area (Å²) in [5.74, 6) is -0.115. The summed E-state index contributed by atoms with van der Waals surface area (Å²) >= 11 is 18.2. The van der Waals surface area contributed by atoms with Gasteiger partial charge in [-0.25, -0.2) is 0 Å². The zero-order valence-corrected chi connectivity index (χ0v) is 15.9. The number of carbonyl (C=O) groups excluding carboxylic acids is 1. The van der Waals surface area contributed by atoms with Crippen LogP contribution in [0.15, 0.2) is 42.5 Å². The Balaban J connectivity index is 1.65. The molecule has 1 amide bonds. The quantitative estimate of drug-likeness (QED) is 0.633. The Kier molecular flexibility index (Phi) is 4.65. The number of amides is 1. The van der Waals surface area contributed by atoms with Crippen molar-refractivity contribution >= 4 is 40.7 Å². The van der Waals surface area contributed by atoms with Gasteiger partial charge in [0.15, 0.2) is 0 Å². The smallest absolute Gasteiger partial charge is 0.255 e. The number of aromatic amines is 1. The first-order valence-electron chi connectivity index (χ1n) is 8.09. The molecule has 0 spiro atoms. The number of nitrogens with zero attached hydrogens (tertiary/aromatic N) is 2. The summed E-state index contributed by atoms with van der Waals surface area (Å²) in [5, 5.41) is 9.04. The molecule has 4 rings (SSSR count). The lowest BCUT2D eigenvalue weighted by atomic mass is 10.0. The maximum Gasteiger partial charge on any atom is 0.255 e. The summed E-state index contributed by atoms with van der Waals surface area (Å²) in [6, 6.07) is 12.5. The number of hydrogen-bond acceptors (Lipinski definition) is 2. The van der Waals surface area contributed by atoms with E-state index in [1.807, 2.05) is 24.3 Å². The molecule has 0 radical (unpaired) electrons. The summed E-state index contributed by atoms with van der Waals surface area (Å²) in [4.78, 5) is 14.7. The van der Waals surface area contributed by atoms with Gasteiger partial charge >= 0.3 is 0 Å². The summed E-state index contributed by atoms with van der Waals surface area (Å²) in [6.45, 7) is 1.06. The Morgan fingerprint density at radius 1 is 1.08 bits per heavy atom. The fourth-order valence-electron chi connectivity index (χ4n) is 3.18. The number of halogens is 3. The van der Waals surface area contributed by atoms with Crippen LogP contribution < -0.4 is 0 Å². The van der Waals surface area contributed by atoms with Gasteiger partial charge in [-0.05, 0) is 30.3 Å². The van der Waals surface area contributed by atoms with E-state index in [1.165, 1.54) is 0 Å². The van der Waals surface area contributed by atoms with Crippen LogP contribution in [0.1, 0.15) is 21.6 Å². The highest BCUT2D eigenvalue weighted by molar-refractivity contribution is 6.36. The molecule has 1 aromatic heterocycles. The molecule has 26 heavy (non-hydrogen) atoms. The maximum absolute atomic E-state index is 12.9. The second-order valence-electron chi connectivity index (χ2n) is 6.14. The van der Waals surface area contributed by atoms with Crippen LogP contribution in [0.2, 0.25) is 15.1 Å². The molecule has 2 heterocycles. The van der Waals surface area contributed by atoms with Gasteiger partial charge in [0, 0.05) is 46.4 Å². The Morgan fingerprint density at radius 2 is 1.88 bits per heavy atom. The lowest BCUT2D eigenvalue weighted by Gasteiger charge is -2.27. The van der Waals surface area contributed by atoms with E-state index in [9.17, 15) is 4.79 Å². The molecule has 2 aromatic carbocycles. The molecule has 0 aliphatic carbocycles. The molecule has 1 N–H and O–H groups in total. The molecule has 132 valence electrons. The van der Waals surface area contributed by atoms with E-state index in [4.69, 9.17) is 34.8 Å². The molecule has 0 unspecified atom stereocenters. The van der Waals surface area contributed by atoms with Crippen LogP contribution in [-0.2, 0) is 13.0 Å². The number of carbonyl (C=O) groups is 1. The van der Waals surface area contributed by atoms with Crippen molar-refractivity contribution in [2.24, 2.45) is 0 Å². The van der Waals surface area contributed by atoms with Crippen molar-refractivity contribution in [3.63, 3.8) is 0 Å². The number of aromatic nitrogens is 2. The third-order valence-electron chi connectivity index (χ3n) is 4.48. The first-order valence-corrected chi connectivity index (χ1v) is 9.22. The number of H-pyrrole nitrogens is 1. The molecule has 0 fully saturated rings. The number of benzene rings is 2. The second kappa shape index (κ2) is 6.95. The third-order valence-corrected chi connectivity index (χ3v) is 5.26. The summed E-state index contributed by atoms with van der Waals surface area (Å²) < 4.78 is 0.